The molecule has 1 aliphatic carbocycles. The molecule has 1 spiro atoms. The zero-order chi connectivity index (χ0) is 16.3. The van der Waals surface area contributed by atoms with Gasteiger partial charge >= 0.3 is 0 Å². The molecule has 1 atom stereocenters. The number of hydrogen-bond acceptors (Lipinski definition) is 4. The largest absolute Gasteiger partial charge is 0.384 e. The van der Waals surface area contributed by atoms with Gasteiger partial charge in [0.1, 0.15) is 0 Å². The molecule has 3 fully saturated rings. The lowest BCUT2D eigenvalue weighted by Crippen LogP contribution is -2.47. The fraction of sp³-hybridized carbons (Fsp3) is 0.944. The van der Waals surface area contributed by atoms with Crippen LogP contribution in [0.5, 0.6) is 0 Å². The molecule has 132 valence electrons. The average molecular weight is 324 g/mol. The molecule has 1 saturated carbocycles. The number of piperidine rings is 1. The number of hydrogen-bond donors (Lipinski definition) is 0. The van der Waals surface area contributed by atoms with Crippen molar-refractivity contribution < 1.29 is 14.3 Å². The summed E-state index contributed by atoms with van der Waals surface area (Å²) in [7, 11) is 3.87. The van der Waals surface area contributed by atoms with Gasteiger partial charge in [-0.15, -0.1) is 0 Å². The molecule has 2 aliphatic heterocycles. The first-order chi connectivity index (χ1) is 11.1. The Morgan fingerprint density at radius 3 is 2.61 bits per heavy atom. The quantitative estimate of drug-likeness (QED) is 0.714. The van der Waals surface area contributed by atoms with Crippen LogP contribution in [-0.2, 0) is 14.3 Å². The van der Waals surface area contributed by atoms with Crippen LogP contribution in [0.25, 0.3) is 0 Å². The summed E-state index contributed by atoms with van der Waals surface area (Å²) in [6.07, 6.45) is 5.46. The van der Waals surface area contributed by atoms with Crippen molar-refractivity contribution in [3.63, 3.8) is 0 Å². The third kappa shape index (κ3) is 4.25. The van der Waals surface area contributed by atoms with Gasteiger partial charge in [-0.05, 0) is 44.1 Å². The first-order valence-electron chi connectivity index (χ1n) is 9.16. The molecule has 0 bridgehead atoms. The summed E-state index contributed by atoms with van der Waals surface area (Å²) in [4.78, 5) is 16.7. The number of carbonyl (C=O) groups excluding carboxylic acids is 1. The van der Waals surface area contributed by atoms with Gasteiger partial charge in [0.15, 0.2) is 0 Å². The Bertz CT molecular complexity index is 403. The van der Waals surface area contributed by atoms with E-state index in [1.807, 2.05) is 4.90 Å². The van der Waals surface area contributed by atoms with Crippen molar-refractivity contribution in [3.8, 4) is 0 Å². The molecule has 1 unspecified atom stereocenters. The molecule has 3 aliphatic rings. The highest BCUT2D eigenvalue weighted by molar-refractivity contribution is 5.76. The van der Waals surface area contributed by atoms with Crippen LogP contribution < -0.4 is 0 Å². The highest BCUT2D eigenvalue weighted by atomic mass is 16.5. The minimum absolute atomic E-state index is 0.245. The maximum atomic E-state index is 12.2. The molecule has 0 aromatic rings. The van der Waals surface area contributed by atoms with E-state index in [0.29, 0.717) is 24.4 Å². The predicted molar refractivity (Wildman–Crippen MR) is 89.3 cm³/mol. The van der Waals surface area contributed by atoms with Crippen LogP contribution in [0.1, 0.15) is 32.1 Å². The smallest absolute Gasteiger partial charge is 0.224 e. The molecule has 0 aromatic carbocycles. The topological polar surface area (TPSA) is 42.0 Å². The molecular formula is C18H32N2O3. The van der Waals surface area contributed by atoms with Crippen molar-refractivity contribution in [2.24, 2.45) is 17.3 Å². The van der Waals surface area contributed by atoms with Crippen LogP contribution >= 0.6 is 0 Å². The molecule has 5 heteroatoms. The third-order valence-electron chi connectivity index (χ3n) is 5.98. The Balaban J connectivity index is 1.50. The highest BCUT2D eigenvalue weighted by Gasteiger charge is 2.47. The van der Waals surface area contributed by atoms with E-state index in [1.165, 1.54) is 12.8 Å². The second kappa shape index (κ2) is 7.49. The number of nitrogens with zero attached hydrogens (tertiary/aromatic N) is 2. The molecule has 5 nitrogen and oxygen atoms in total. The first kappa shape index (κ1) is 17.2. The summed E-state index contributed by atoms with van der Waals surface area (Å²) >= 11 is 0. The molecular weight excluding hydrogens is 292 g/mol. The maximum Gasteiger partial charge on any atom is 0.224 e. The van der Waals surface area contributed by atoms with Crippen LogP contribution in [0.4, 0.5) is 0 Å². The fourth-order valence-corrected chi connectivity index (χ4v) is 4.31. The monoisotopic (exact) mass is 324 g/mol. The van der Waals surface area contributed by atoms with Crippen molar-refractivity contribution in [2.45, 2.75) is 32.1 Å². The molecule has 2 saturated heterocycles. The number of amides is 1. The second-order valence-corrected chi connectivity index (χ2v) is 7.86. The Labute approximate surface area is 140 Å². The number of carbonyl (C=O) groups is 1. The molecule has 0 aromatic heterocycles. The van der Waals surface area contributed by atoms with Gasteiger partial charge < -0.3 is 19.3 Å². The average Bonchev–Trinajstić information content (AvgIpc) is 3.31. The zero-order valence-electron chi connectivity index (χ0n) is 14.8. The summed E-state index contributed by atoms with van der Waals surface area (Å²) in [5.74, 6) is 1.71. The van der Waals surface area contributed by atoms with Crippen LogP contribution in [0.15, 0.2) is 0 Å². The van der Waals surface area contributed by atoms with Crippen molar-refractivity contribution in [1.82, 2.24) is 9.80 Å². The van der Waals surface area contributed by atoms with E-state index >= 15 is 0 Å². The van der Waals surface area contributed by atoms with Gasteiger partial charge in [-0.1, -0.05) is 0 Å². The van der Waals surface area contributed by atoms with Crippen molar-refractivity contribution in [3.05, 3.63) is 0 Å². The van der Waals surface area contributed by atoms with Gasteiger partial charge in [-0.2, -0.15) is 0 Å². The van der Waals surface area contributed by atoms with E-state index in [-0.39, 0.29) is 5.91 Å². The predicted octanol–water partition coefficient (Wildman–Crippen LogP) is 1.62. The Morgan fingerprint density at radius 2 is 1.96 bits per heavy atom. The first-order valence-corrected chi connectivity index (χ1v) is 9.16. The molecule has 1 amide bonds. The van der Waals surface area contributed by atoms with E-state index in [4.69, 9.17) is 9.47 Å². The van der Waals surface area contributed by atoms with Gasteiger partial charge in [0, 0.05) is 45.8 Å². The minimum Gasteiger partial charge on any atom is -0.384 e. The maximum absolute atomic E-state index is 12.2. The lowest BCUT2D eigenvalue weighted by molar-refractivity contribution is -0.135. The summed E-state index contributed by atoms with van der Waals surface area (Å²) in [5.41, 5.74) is 0.357. The highest BCUT2D eigenvalue weighted by Crippen LogP contribution is 2.44. The summed E-state index contributed by atoms with van der Waals surface area (Å²) in [6.45, 7) is 6.48. The molecule has 3 rings (SSSR count). The van der Waals surface area contributed by atoms with E-state index in [1.54, 1.807) is 7.11 Å². The summed E-state index contributed by atoms with van der Waals surface area (Å²) < 4.78 is 11.0. The lowest BCUT2D eigenvalue weighted by atomic mass is 9.71. The zero-order valence-corrected chi connectivity index (χ0v) is 14.8. The Hall–Kier alpha value is -0.650. The third-order valence-corrected chi connectivity index (χ3v) is 5.98. The number of rotatable bonds is 7. The van der Waals surface area contributed by atoms with Gasteiger partial charge in [-0.25, -0.2) is 0 Å². The normalized spacial score (nSPS) is 27.7. The van der Waals surface area contributed by atoms with E-state index in [2.05, 4.69) is 11.9 Å². The van der Waals surface area contributed by atoms with Crippen molar-refractivity contribution in [2.75, 3.05) is 60.2 Å². The second-order valence-electron chi connectivity index (χ2n) is 7.86. The van der Waals surface area contributed by atoms with Crippen LogP contribution in [0.2, 0.25) is 0 Å². The Morgan fingerprint density at radius 1 is 1.22 bits per heavy atom. The van der Waals surface area contributed by atoms with Gasteiger partial charge in [0.05, 0.1) is 19.6 Å². The van der Waals surface area contributed by atoms with Gasteiger partial charge in [0.25, 0.3) is 0 Å². The number of ether oxygens (including phenoxy) is 2. The fourth-order valence-electron chi connectivity index (χ4n) is 4.31. The molecule has 0 N–H and O–H groups in total. The van der Waals surface area contributed by atoms with Crippen molar-refractivity contribution in [1.29, 1.82) is 0 Å². The van der Waals surface area contributed by atoms with E-state index in [0.717, 1.165) is 58.2 Å². The van der Waals surface area contributed by atoms with E-state index < -0.39 is 0 Å². The molecule has 23 heavy (non-hydrogen) atoms. The minimum atomic E-state index is 0.245. The summed E-state index contributed by atoms with van der Waals surface area (Å²) in [6, 6.07) is 0. The SMILES string of the molecule is COCCC(=O)N1CCC2(CC1)CN(C)CC2COCC1CC1. The standard InChI is InChI=1S/C18H32N2O3/c1-19-11-16(13-23-12-15-3-4-15)18(14-19)6-8-20(9-7-18)17(21)5-10-22-2/h15-16H,3-14H2,1-2H3. The molecule has 2 heterocycles. The van der Waals surface area contributed by atoms with Gasteiger partial charge in [0.2, 0.25) is 5.91 Å². The van der Waals surface area contributed by atoms with Crippen molar-refractivity contribution >= 4 is 5.91 Å². The number of methoxy groups -OCH3 is 1. The van der Waals surface area contributed by atoms with Crippen LogP contribution in [0.3, 0.4) is 0 Å². The lowest BCUT2D eigenvalue weighted by Gasteiger charge is -2.42. The van der Waals surface area contributed by atoms with E-state index in [9.17, 15) is 4.79 Å². The van der Waals surface area contributed by atoms with Crippen LogP contribution in [0, 0.1) is 17.3 Å². The van der Waals surface area contributed by atoms with Gasteiger partial charge in [-0.3, -0.25) is 4.79 Å². The summed E-state index contributed by atoms with van der Waals surface area (Å²) in [5, 5.41) is 0. The molecule has 0 radical (unpaired) electrons. The Kier molecular flexibility index (Phi) is 5.60. The van der Waals surface area contributed by atoms with Crippen LogP contribution in [-0.4, -0.2) is 75.9 Å². The number of likely N-dealkylation sites (tertiary alicyclic amines) is 2.